The highest BCUT2D eigenvalue weighted by molar-refractivity contribution is 14.0. The van der Waals surface area contributed by atoms with E-state index in [1.165, 1.54) is 5.56 Å². The number of guanidine groups is 1. The molecule has 0 bridgehead atoms. The fourth-order valence-corrected chi connectivity index (χ4v) is 2.74. The normalized spacial score (nSPS) is 13.7. The lowest BCUT2D eigenvalue weighted by Gasteiger charge is -2.11. The van der Waals surface area contributed by atoms with E-state index in [9.17, 15) is 4.21 Å². The highest BCUT2D eigenvalue weighted by atomic mass is 127. The van der Waals surface area contributed by atoms with E-state index < -0.39 is 10.8 Å². The monoisotopic (exact) mass is 457 g/mol. The van der Waals surface area contributed by atoms with Gasteiger partial charge in [-0.1, -0.05) is 31.2 Å². The maximum Gasteiger partial charge on any atom is 0.193 e. The molecule has 0 aliphatic carbocycles. The molecule has 0 fully saturated rings. The number of aryl methyl sites for hydroxylation is 1. The third-order valence-electron chi connectivity index (χ3n) is 3.66. The Morgan fingerprint density at radius 2 is 1.75 bits per heavy atom. The summed E-state index contributed by atoms with van der Waals surface area (Å²) >= 11 is 0. The van der Waals surface area contributed by atoms with Gasteiger partial charge in [-0.25, -0.2) is 4.99 Å². The van der Waals surface area contributed by atoms with Crippen LogP contribution < -0.4 is 11.1 Å². The number of hydrogen-bond donors (Lipinski definition) is 2. The summed E-state index contributed by atoms with van der Waals surface area (Å²) in [6.07, 6.45) is 2.68. The van der Waals surface area contributed by atoms with Crippen LogP contribution in [0.3, 0.4) is 0 Å². The average molecular weight is 457 g/mol. The van der Waals surface area contributed by atoms with Crippen LogP contribution in [0.4, 0.5) is 5.69 Å². The number of halogens is 1. The number of aliphatic imine (C=N–C) groups is 1. The Kier molecular flexibility index (Phi) is 8.41. The fourth-order valence-electron chi connectivity index (χ4n) is 2.23. The number of benzene rings is 2. The summed E-state index contributed by atoms with van der Waals surface area (Å²) in [5.74, 6) is 0.380. The number of hydrogen-bond acceptors (Lipinski definition) is 2. The lowest BCUT2D eigenvalue weighted by molar-refractivity contribution is 0.686. The summed E-state index contributed by atoms with van der Waals surface area (Å²) in [5.41, 5.74) is 9.22. The minimum absolute atomic E-state index is 0. The lowest BCUT2D eigenvalue weighted by atomic mass is 10.1. The van der Waals surface area contributed by atoms with Crippen LogP contribution in [0.15, 0.2) is 58.4 Å². The second-order valence-corrected chi connectivity index (χ2v) is 6.77. The zero-order valence-electron chi connectivity index (χ0n) is 14.2. The van der Waals surface area contributed by atoms with E-state index in [2.05, 4.69) is 29.4 Å². The smallest absolute Gasteiger partial charge is 0.193 e. The van der Waals surface area contributed by atoms with E-state index in [1.807, 2.05) is 43.3 Å². The van der Waals surface area contributed by atoms with Crippen LogP contribution in [0.5, 0.6) is 0 Å². The van der Waals surface area contributed by atoms with E-state index >= 15 is 0 Å². The molecule has 0 amide bonds. The molecule has 0 spiro atoms. The first-order chi connectivity index (χ1) is 11.0. The van der Waals surface area contributed by atoms with Crippen molar-refractivity contribution in [2.24, 2.45) is 10.7 Å². The van der Waals surface area contributed by atoms with Crippen molar-refractivity contribution in [3.63, 3.8) is 0 Å². The third-order valence-corrected chi connectivity index (χ3v) is 4.60. The molecule has 6 heteroatoms. The summed E-state index contributed by atoms with van der Waals surface area (Å²) in [5, 5.41) is 3.10. The second-order valence-electron chi connectivity index (χ2n) is 5.39. The molecule has 2 atom stereocenters. The van der Waals surface area contributed by atoms with Gasteiger partial charge < -0.3 is 11.1 Å². The van der Waals surface area contributed by atoms with Crippen molar-refractivity contribution in [3.8, 4) is 0 Å². The summed E-state index contributed by atoms with van der Waals surface area (Å²) in [6, 6.07) is 15.7. The second kappa shape index (κ2) is 9.78. The van der Waals surface area contributed by atoms with E-state index in [0.29, 0.717) is 5.96 Å². The summed E-state index contributed by atoms with van der Waals surface area (Å²) in [4.78, 5) is 5.28. The molecule has 130 valence electrons. The Morgan fingerprint density at radius 1 is 1.17 bits per heavy atom. The predicted molar refractivity (Wildman–Crippen MR) is 114 cm³/mol. The van der Waals surface area contributed by atoms with Crippen LogP contribution in [0.1, 0.15) is 31.0 Å². The molecule has 24 heavy (non-hydrogen) atoms. The molecule has 2 aromatic rings. The van der Waals surface area contributed by atoms with Crippen molar-refractivity contribution in [3.05, 3.63) is 59.7 Å². The van der Waals surface area contributed by atoms with E-state index in [1.54, 1.807) is 6.26 Å². The van der Waals surface area contributed by atoms with Crippen molar-refractivity contribution in [2.45, 2.75) is 31.2 Å². The van der Waals surface area contributed by atoms with Gasteiger partial charge in [0.15, 0.2) is 5.96 Å². The van der Waals surface area contributed by atoms with Crippen LogP contribution >= 0.6 is 24.0 Å². The highest BCUT2D eigenvalue weighted by Crippen LogP contribution is 2.18. The molecule has 0 aliphatic heterocycles. The topological polar surface area (TPSA) is 67.5 Å². The van der Waals surface area contributed by atoms with Crippen LogP contribution in [-0.4, -0.2) is 16.4 Å². The Hall–Kier alpha value is -1.41. The van der Waals surface area contributed by atoms with Crippen molar-refractivity contribution in [1.82, 2.24) is 0 Å². The van der Waals surface area contributed by atoms with Crippen LogP contribution in [0.2, 0.25) is 0 Å². The zero-order chi connectivity index (χ0) is 16.8. The Morgan fingerprint density at radius 3 is 2.25 bits per heavy atom. The molecule has 2 rings (SSSR count). The Balaban J connectivity index is 0.00000288. The molecule has 2 aromatic carbocycles. The van der Waals surface area contributed by atoms with Crippen molar-refractivity contribution >= 4 is 46.4 Å². The number of anilines is 1. The van der Waals surface area contributed by atoms with Gasteiger partial charge in [-0.15, -0.1) is 24.0 Å². The first-order valence-electron chi connectivity index (χ1n) is 7.62. The van der Waals surface area contributed by atoms with Gasteiger partial charge in [-0.2, -0.15) is 0 Å². The van der Waals surface area contributed by atoms with E-state index in [4.69, 9.17) is 5.73 Å². The zero-order valence-corrected chi connectivity index (χ0v) is 17.3. The minimum Gasteiger partial charge on any atom is -0.370 e. The molecule has 2 unspecified atom stereocenters. The average Bonchev–Trinajstić information content (AvgIpc) is 2.55. The molecule has 0 saturated carbocycles. The van der Waals surface area contributed by atoms with Crippen LogP contribution in [-0.2, 0) is 17.2 Å². The molecule has 0 aromatic heterocycles. The van der Waals surface area contributed by atoms with Gasteiger partial charge in [0.25, 0.3) is 0 Å². The van der Waals surface area contributed by atoms with Crippen LogP contribution in [0.25, 0.3) is 0 Å². The van der Waals surface area contributed by atoms with Gasteiger partial charge in [0.05, 0.1) is 6.04 Å². The summed E-state index contributed by atoms with van der Waals surface area (Å²) < 4.78 is 11.4. The Labute approximate surface area is 163 Å². The molecule has 0 heterocycles. The maximum atomic E-state index is 11.4. The molecule has 4 nitrogen and oxygen atoms in total. The molecule has 3 N–H and O–H groups in total. The molecule has 0 radical (unpaired) electrons. The van der Waals surface area contributed by atoms with Gasteiger partial charge in [0.2, 0.25) is 0 Å². The van der Waals surface area contributed by atoms with Crippen molar-refractivity contribution in [1.29, 1.82) is 0 Å². The number of nitrogens with two attached hydrogens (primary N) is 1. The summed E-state index contributed by atoms with van der Waals surface area (Å²) in [6.45, 7) is 4.10. The first-order valence-corrected chi connectivity index (χ1v) is 9.18. The lowest BCUT2D eigenvalue weighted by Crippen LogP contribution is -2.23. The largest absolute Gasteiger partial charge is 0.370 e. The number of nitrogens with zero attached hydrogens (tertiary/aromatic N) is 1. The first kappa shape index (κ1) is 20.6. The minimum atomic E-state index is -0.963. The predicted octanol–water partition coefficient (Wildman–Crippen LogP) is 4.09. The quantitative estimate of drug-likeness (QED) is 0.404. The molecule has 0 saturated heterocycles. The van der Waals surface area contributed by atoms with Gasteiger partial charge >= 0.3 is 0 Å². The molecular weight excluding hydrogens is 433 g/mol. The maximum absolute atomic E-state index is 11.4. The van der Waals surface area contributed by atoms with Gasteiger partial charge in [-0.3, -0.25) is 4.21 Å². The van der Waals surface area contributed by atoms with Crippen LogP contribution in [0, 0.1) is 0 Å². The molecule has 0 aliphatic rings. The van der Waals surface area contributed by atoms with Gasteiger partial charge in [-0.05, 0) is 48.7 Å². The van der Waals surface area contributed by atoms with Gasteiger partial charge in [0, 0.05) is 27.6 Å². The fraction of sp³-hybridized carbons (Fsp3) is 0.278. The van der Waals surface area contributed by atoms with E-state index in [-0.39, 0.29) is 30.0 Å². The molecular formula is C18H24IN3OS. The van der Waals surface area contributed by atoms with Crippen molar-refractivity contribution < 1.29 is 4.21 Å². The number of rotatable bonds is 5. The SMILES string of the molecule is CCc1ccc(NC(N)=NC(C)c2ccc(S(C)=O)cc2)cc1.I. The highest BCUT2D eigenvalue weighted by Gasteiger charge is 2.06. The Bertz CT molecular complexity index is 699. The number of nitrogens with one attached hydrogen (secondary N) is 1. The standard InChI is InChI=1S/C18H23N3OS.HI/c1-4-14-5-9-16(10-6-14)21-18(19)20-13(2)15-7-11-17(12-8-15)23(3)22;/h5-13H,4H2,1-3H3,(H3,19,20,21);1H. The summed E-state index contributed by atoms with van der Waals surface area (Å²) in [7, 11) is -0.963. The van der Waals surface area contributed by atoms with Gasteiger partial charge in [0.1, 0.15) is 0 Å². The third kappa shape index (κ3) is 5.90. The van der Waals surface area contributed by atoms with Crippen molar-refractivity contribution in [2.75, 3.05) is 11.6 Å². The van der Waals surface area contributed by atoms with E-state index in [0.717, 1.165) is 22.6 Å².